The molecule has 0 aliphatic heterocycles. The second kappa shape index (κ2) is 8.32. The molecule has 4 rings (SSSR count). The first-order valence-corrected chi connectivity index (χ1v) is 9.32. The monoisotopic (exact) mass is 409 g/mol. The van der Waals surface area contributed by atoms with Gasteiger partial charge in [0.2, 0.25) is 0 Å². The molecule has 0 radical (unpaired) electrons. The Balaban J connectivity index is 1.59. The van der Waals surface area contributed by atoms with Gasteiger partial charge in [0.05, 0.1) is 11.7 Å². The number of amides is 1. The van der Waals surface area contributed by atoms with E-state index in [1.807, 2.05) is 0 Å². The van der Waals surface area contributed by atoms with Crippen molar-refractivity contribution in [1.82, 2.24) is 0 Å². The largest absolute Gasteiger partial charge is 0.490 e. The Kier molecular flexibility index (Phi) is 5.43. The third-order valence-corrected chi connectivity index (χ3v) is 4.58. The van der Waals surface area contributed by atoms with Crippen molar-refractivity contribution in [3.8, 4) is 22.6 Å². The van der Waals surface area contributed by atoms with Crippen molar-refractivity contribution >= 4 is 18.1 Å². The molecule has 0 atom stereocenters. The Morgan fingerprint density at radius 2 is 1.70 bits per heavy atom. The lowest BCUT2D eigenvalue weighted by Crippen LogP contribution is -2.15. The minimum Gasteiger partial charge on any atom is -0.490 e. The van der Waals surface area contributed by atoms with E-state index in [0.717, 1.165) is 25.0 Å². The highest BCUT2D eigenvalue weighted by atomic mass is 19.1. The Bertz CT molecular complexity index is 1090. The van der Waals surface area contributed by atoms with Gasteiger partial charge in [-0.1, -0.05) is 24.3 Å². The number of hydrogen-bond donors (Lipinski definition) is 1. The van der Waals surface area contributed by atoms with Crippen LogP contribution in [0.2, 0.25) is 0 Å². The van der Waals surface area contributed by atoms with E-state index < -0.39 is 23.2 Å². The second-order valence-corrected chi connectivity index (χ2v) is 6.82. The van der Waals surface area contributed by atoms with Gasteiger partial charge < -0.3 is 14.8 Å². The maximum atomic E-state index is 14.7. The molecule has 1 N–H and O–H groups in total. The maximum Gasteiger partial charge on any atom is 0.298 e. The molecule has 0 spiro atoms. The van der Waals surface area contributed by atoms with E-state index in [-0.39, 0.29) is 23.9 Å². The Morgan fingerprint density at radius 3 is 2.40 bits per heavy atom. The van der Waals surface area contributed by atoms with E-state index in [1.165, 1.54) is 12.1 Å². The van der Waals surface area contributed by atoms with Gasteiger partial charge in [0.1, 0.15) is 28.8 Å². The molecule has 0 unspecified atom stereocenters. The van der Waals surface area contributed by atoms with Crippen molar-refractivity contribution in [2.45, 2.75) is 18.9 Å². The molecule has 3 aromatic carbocycles. The summed E-state index contributed by atoms with van der Waals surface area (Å²) in [7, 11) is 0. The van der Waals surface area contributed by atoms with E-state index >= 15 is 0 Å². The van der Waals surface area contributed by atoms with Gasteiger partial charge in [-0.15, -0.1) is 0 Å². The van der Waals surface area contributed by atoms with Gasteiger partial charge in [-0.2, -0.15) is 0 Å². The Morgan fingerprint density at radius 1 is 0.967 bits per heavy atom. The van der Waals surface area contributed by atoms with Gasteiger partial charge in [0, 0.05) is 0 Å². The number of hydrogen-bond acceptors (Lipinski definition) is 4. The molecule has 152 valence electrons. The van der Waals surface area contributed by atoms with Crippen LogP contribution in [0.15, 0.2) is 60.7 Å². The summed E-state index contributed by atoms with van der Waals surface area (Å²) < 4.78 is 39.8. The standard InChI is InChI=1S/C23H17F2NO4/c24-19-11-15(14-4-3-5-17(10-14)30-16-8-9-16)12-20(25)22(19)26-23(28)18-6-1-2-7-21(18)29-13-27/h1-7,10-13,16H,8-9H2,(H,26,28). The van der Waals surface area contributed by atoms with E-state index in [0.29, 0.717) is 16.9 Å². The normalized spacial score (nSPS) is 12.9. The fourth-order valence-electron chi connectivity index (χ4n) is 2.98. The number of anilines is 1. The summed E-state index contributed by atoms with van der Waals surface area (Å²) in [5.41, 5.74) is 0.287. The van der Waals surface area contributed by atoms with Gasteiger partial charge >= 0.3 is 0 Å². The van der Waals surface area contributed by atoms with Crippen LogP contribution in [-0.2, 0) is 4.79 Å². The lowest BCUT2D eigenvalue weighted by molar-refractivity contribution is -0.120. The van der Waals surface area contributed by atoms with Crippen LogP contribution in [0, 0.1) is 11.6 Å². The van der Waals surface area contributed by atoms with Crippen molar-refractivity contribution in [1.29, 1.82) is 0 Å². The summed E-state index contributed by atoms with van der Waals surface area (Å²) in [4.78, 5) is 23.1. The average Bonchev–Trinajstić information content (AvgIpc) is 3.55. The molecule has 1 saturated carbocycles. The van der Waals surface area contributed by atoms with Crippen molar-refractivity contribution in [3.05, 3.63) is 77.9 Å². The number of carbonyl (C=O) groups excluding carboxylic acids is 2. The molecule has 1 amide bonds. The summed E-state index contributed by atoms with van der Waals surface area (Å²) in [6.45, 7) is 0.170. The molecule has 1 fully saturated rings. The van der Waals surface area contributed by atoms with Crippen LogP contribution in [0.4, 0.5) is 14.5 Å². The average molecular weight is 409 g/mol. The quantitative estimate of drug-likeness (QED) is 0.560. The third kappa shape index (κ3) is 4.30. The Hall–Kier alpha value is -3.74. The summed E-state index contributed by atoms with van der Waals surface area (Å²) in [6, 6.07) is 15.2. The molecule has 0 aromatic heterocycles. The minimum absolute atomic E-state index is 0.0186. The first-order chi connectivity index (χ1) is 14.5. The van der Waals surface area contributed by atoms with Crippen LogP contribution in [-0.4, -0.2) is 18.5 Å². The zero-order valence-electron chi connectivity index (χ0n) is 15.7. The SMILES string of the molecule is O=COc1ccccc1C(=O)Nc1c(F)cc(-c2cccc(OC3CC3)c2)cc1F. The van der Waals surface area contributed by atoms with E-state index in [9.17, 15) is 18.4 Å². The zero-order valence-corrected chi connectivity index (χ0v) is 15.7. The van der Waals surface area contributed by atoms with Crippen LogP contribution in [0.5, 0.6) is 11.5 Å². The van der Waals surface area contributed by atoms with Gasteiger partial charge in [0.25, 0.3) is 12.4 Å². The number of ether oxygens (including phenoxy) is 2. The first kappa shape index (κ1) is 19.6. The molecular weight excluding hydrogens is 392 g/mol. The summed E-state index contributed by atoms with van der Waals surface area (Å²) in [6.07, 6.45) is 2.21. The third-order valence-electron chi connectivity index (χ3n) is 4.58. The molecule has 1 aliphatic rings. The molecular formula is C23H17F2NO4. The molecule has 1 aliphatic carbocycles. The molecule has 5 nitrogen and oxygen atoms in total. The van der Waals surface area contributed by atoms with E-state index in [1.54, 1.807) is 36.4 Å². The lowest BCUT2D eigenvalue weighted by Gasteiger charge is -2.12. The molecule has 0 bridgehead atoms. The molecule has 0 heterocycles. The van der Waals surface area contributed by atoms with Crippen LogP contribution >= 0.6 is 0 Å². The van der Waals surface area contributed by atoms with Crippen LogP contribution in [0.3, 0.4) is 0 Å². The highest BCUT2D eigenvalue weighted by Gasteiger charge is 2.23. The number of carbonyl (C=O) groups is 2. The number of para-hydroxylation sites is 1. The first-order valence-electron chi connectivity index (χ1n) is 9.32. The summed E-state index contributed by atoms with van der Waals surface area (Å²) in [5, 5.41) is 2.21. The molecule has 0 saturated heterocycles. The van der Waals surface area contributed by atoms with Crippen molar-refractivity contribution < 1.29 is 27.8 Å². The van der Waals surface area contributed by atoms with E-state index in [4.69, 9.17) is 9.47 Å². The predicted octanol–water partition coefficient (Wildman–Crippen LogP) is 4.96. The lowest BCUT2D eigenvalue weighted by atomic mass is 10.0. The number of halogens is 2. The fraction of sp³-hybridized carbons (Fsp3) is 0.130. The fourth-order valence-corrected chi connectivity index (χ4v) is 2.98. The van der Waals surface area contributed by atoms with Crippen LogP contribution < -0.4 is 14.8 Å². The number of benzene rings is 3. The highest BCUT2D eigenvalue weighted by molar-refractivity contribution is 6.06. The summed E-state index contributed by atoms with van der Waals surface area (Å²) >= 11 is 0. The highest BCUT2D eigenvalue weighted by Crippen LogP contribution is 2.32. The zero-order chi connectivity index (χ0) is 21.1. The number of nitrogens with one attached hydrogen (secondary N) is 1. The predicted molar refractivity (Wildman–Crippen MR) is 107 cm³/mol. The Labute approximate surface area is 171 Å². The topological polar surface area (TPSA) is 64.6 Å². The van der Waals surface area contributed by atoms with Crippen LogP contribution in [0.25, 0.3) is 11.1 Å². The van der Waals surface area contributed by atoms with E-state index in [2.05, 4.69) is 5.32 Å². The smallest absolute Gasteiger partial charge is 0.298 e. The molecule has 30 heavy (non-hydrogen) atoms. The van der Waals surface area contributed by atoms with Gasteiger partial charge in [0.15, 0.2) is 0 Å². The molecule has 3 aromatic rings. The van der Waals surface area contributed by atoms with Gasteiger partial charge in [-0.3, -0.25) is 9.59 Å². The van der Waals surface area contributed by atoms with Crippen molar-refractivity contribution in [2.24, 2.45) is 0 Å². The molecule has 7 heteroatoms. The van der Waals surface area contributed by atoms with Gasteiger partial charge in [-0.05, 0) is 60.4 Å². The number of rotatable bonds is 7. The van der Waals surface area contributed by atoms with Crippen molar-refractivity contribution in [3.63, 3.8) is 0 Å². The maximum absolute atomic E-state index is 14.7. The van der Waals surface area contributed by atoms with Crippen molar-refractivity contribution in [2.75, 3.05) is 5.32 Å². The van der Waals surface area contributed by atoms with Gasteiger partial charge in [-0.25, -0.2) is 8.78 Å². The second-order valence-electron chi connectivity index (χ2n) is 6.82. The minimum atomic E-state index is -0.930. The summed E-state index contributed by atoms with van der Waals surface area (Å²) in [5.74, 6) is -2.05. The van der Waals surface area contributed by atoms with Crippen LogP contribution in [0.1, 0.15) is 23.2 Å².